The van der Waals surface area contributed by atoms with Crippen LogP contribution < -0.4 is 5.32 Å². The van der Waals surface area contributed by atoms with Gasteiger partial charge >= 0.3 is 6.18 Å². The van der Waals surface area contributed by atoms with Gasteiger partial charge in [0.15, 0.2) is 0 Å². The van der Waals surface area contributed by atoms with E-state index in [1.807, 2.05) is 0 Å². The van der Waals surface area contributed by atoms with E-state index in [0.29, 0.717) is 5.56 Å². The maximum absolute atomic E-state index is 12.8. The van der Waals surface area contributed by atoms with Gasteiger partial charge in [0.2, 0.25) is 5.91 Å². The molecule has 0 aliphatic rings. The summed E-state index contributed by atoms with van der Waals surface area (Å²) in [5, 5.41) is 12.8. The van der Waals surface area contributed by atoms with Crippen molar-refractivity contribution >= 4 is 23.4 Å². The normalized spacial score (nSPS) is 11.5. The van der Waals surface area contributed by atoms with Crippen LogP contribution >= 0.6 is 0 Å². The van der Waals surface area contributed by atoms with Gasteiger partial charge in [0.1, 0.15) is 0 Å². The summed E-state index contributed by atoms with van der Waals surface area (Å²) in [5.41, 5.74) is -1.09. The molecule has 0 atom stereocenters. The summed E-state index contributed by atoms with van der Waals surface area (Å²) >= 11 is 0. The zero-order valence-corrected chi connectivity index (χ0v) is 12.1. The second-order valence-electron chi connectivity index (χ2n) is 4.72. The van der Waals surface area contributed by atoms with Gasteiger partial charge in [0.05, 0.1) is 16.2 Å². The molecule has 0 saturated heterocycles. The van der Waals surface area contributed by atoms with Crippen LogP contribution in [0.1, 0.15) is 11.1 Å². The third-order valence-corrected chi connectivity index (χ3v) is 3.00. The lowest BCUT2D eigenvalue weighted by atomic mass is 10.1. The van der Waals surface area contributed by atoms with Crippen molar-refractivity contribution in [1.29, 1.82) is 0 Å². The molecule has 24 heavy (non-hydrogen) atoms. The number of hydrogen-bond donors (Lipinski definition) is 1. The molecule has 124 valence electrons. The molecule has 0 fully saturated rings. The number of halogens is 3. The number of alkyl halides is 3. The number of carbonyl (C=O) groups is 1. The van der Waals surface area contributed by atoms with Crippen molar-refractivity contribution in [1.82, 2.24) is 0 Å². The third kappa shape index (κ3) is 4.42. The molecule has 2 rings (SSSR count). The highest BCUT2D eigenvalue weighted by Gasteiger charge is 2.33. The summed E-state index contributed by atoms with van der Waals surface area (Å²) < 4.78 is 38.5. The van der Waals surface area contributed by atoms with Crippen molar-refractivity contribution in [2.24, 2.45) is 0 Å². The van der Waals surface area contributed by atoms with E-state index in [1.165, 1.54) is 42.5 Å². The number of para-hydroxylation sites is 1. The van der Waals surface area contributed by atoms with E-state index < -0.39 is 22.6 Å². The lowest BCUT2D eigenvalue weighted by molar-refractivity contribution is -0.384. The first kappa shape index (κ1) is 17.2. The molecule has 0 radical (unpaired) electrons. The van der Waals surface area contributed by atoms with E-state index >= 15 is 0 Å². The molecule has 5 nitrogen and oxygen atoms in total. The second-order valence-corrected chi connectivity index (χ2v) is 4.72. The molecular formula is C16H11F3N2O3. The molecule has 0 saturated carbocycles. The van der Waals surface area contributed by atoms with Crippen molar-refractivity contribution < 1.29 is 22.9 Å². The molecule has 1 amide bonds. The molecule has 2 aromatic rings. The standard InChI is InChI=1S/C16H11F3N2O3/c17-16(18,19)13-6-1-2-7-14(13)20-15(22)9-8-11-4-3-5-12(10-11)21(23)24/h1-10H,(H,20,22). The molecule has 0 aliphatic carbocycles. The quantitative estimate of drug-likeness (QED) is 0.515. The number of anilines is 1. The average Bonchev–Trinajstić information content (AvgIpc) is 2.52. The van der Waals surface area contributed by atoms with Crippen LogP contribution in [0.2, 0.25) is 0 Å². The van der Waals surface area contributed by atoms with Gasteiger partial charge in [-0.25, -0.2) is 0 Å². The van der Waals surface area contributed by atoms with Gasteiger partial charge < -0.3 is 5.32 Å². The lowest BCUT2D eigenvalue weighted by Crippen LogP contribution is -2.14. The Morgan fingerprint density at radius 2 is 1.83 bits per heavy atom. The van der Waals surface area contributed by atoms with Crippen LogP contribution in [0.5, 0.6) is 0 Å². The molecule has 0 unspecified atom stereocenters. The number of nitrogens with zero attached hydrogens (tertiary/aromatic N) is 1. The molecule has 1 N–H and O–H groups in total. The largest absolute Gasteiger partial charge is 0.418 e. The molecule has 0 bridgehead atoms. The number of hydrogen-bond acceptors (Lipinski definition) is 3. The third-order valence-electron chi connectivity index (χ3n) is 3.00. The Hall–Kier alpha value is -3.16. The summed E-state index contributed by atoms with van der Waals surface area (Å²) in [5.74, 6) is -0.779. The Labute approximate surface area is 134 Å². The lowest BCUT2D eigenvalue weighted by Gasteiger charge is -2.12. The van der Waals surface area contributed by atoms with Gasteiger partial charge in [-0.05, 0) is 23.8 Å². The zero-order chi connectivity index (χ0) is 17.7. The summed E-state index contributed by atoms with van der Waals surface area (Å²) in [6.45, 7) is 0. The van der Waals surface area contributed by atoms with E-state index in [2.05, 4.69) is 5.32 Å². The van der Waals surface area contributed by atoms with Crippen molar-refractivity contribution in [3.8, 4) is 0 Å². The van der Waals surface area contributed by atoms with Gasteiger partial charge in [-0.15, -0.1) is 0 Å². The number of benzene rings is 2. The Morgan fingerprint density at radius 3 is 2.50 bits per heavy atom. The number of carbonyl (C=O) groups excluding carboxylic acids is 1. The fraction of sp³-hybridized carbons (Fsp3) is 0.0625. The van der Waals surface area contributed by atoms with Crippen molar-refractivity contribution in [3.63, 3.8) is 0 Å². The van der Waals surface area contributed by atoms with E-state index in [1.54, 1.807) is 0 Å². The van der Waals surface area contributed by atoms with Crippen LogP contribution in [0.25, 0.3) is 6.08 Å². The number of nitrogens with one attached hydrogen (secondary N) is 1. The minimum Gasteiger partial charge on any atom is -0.322 e. The van der Waals surface area contributed by atoms with Crippen molar-refractivity contribution in [3.05, 3.63) is 75.8 Å². The first-order valence-electron chi connectivity index (χ1n) is 6.67. The van der Waals surface area contributed by atoms with Crippen molar-refractivity contribution in [2.45, 2.75) is 6.18 Å². The van der Waals surface area contributed by atoms with Crippen LogP contribution in [0.4, 0.5) is 24.5 Å². The summed E-state index contributed by atoms with van der Waals surface area (Å²) in [4.78, 5) is 21.9. The van der Waals surface area contributed by atoms with E-state index in [4.69, 9.17) is 0 Å². The Balaban J connectivity index is 2.15. The van der Waals surface area contributed by atoms with Gasteiger partial charge in [-0.3, -0.25) is 14.9 Å². The Bertz CT molecular complexity index is 801. The Morgan fingerprint density at radius 1 is 1.12 bits per heavy atom. The van der Waals surface area contributed by atoms with E-state index in [-0.39, 0.29) is 11.4 Å². The predicted octanol–water partition coefficient (Wildman–Crippen LogP) is 4.27. The van der Waals surface area contributed by atoms with E-state index in [0.717, 1.165) is 18.2 Å². The molecule has 0 aromatic heterocycles. The van der Waals surface area contributed by atoms with Crippen LogP contribution in [-0.2, 0) is 11.0 Å². The fourth-order valence-electron chi connectivity index (χ4n) is 1.93. The number of nitro groups is 1. The summed E-state index contributed by atoms with van der Waals surface area (Å²) in [7, 11) is 0. The number of amides is 1. The van der Waals surface area contributed by atoms with Gasteiger partial charge in [-0.1, -0.05) is 24.3 Å². The van der Waals surface area contributed by atoms with E-state index in [9.17, 15) is 28.1 Å². The second kappa shape index (κ2) is 6.95. The summed E-state index contributed by atoms with van der Waals surface area (Å²) in [6.07, 6.45) is -2.31. The van der Waals surface area contributed by atoms with Gasteiger partial charge in [0, 0.05) is 18.2 Å². The smallest absolute Gasteiger partial charge is 0.322 e. The predicted molar refractivity (Wildman–Crippen MR) is 82.2 cm³/mol. The van der Waals surface area contributed by atoms with Crippen LogP contribution in [0.15, 0.2) is 54.6 Å². The van der Waals surface area contributed by atoms with Gasteiger partial charge in [-0.2, -0.15) is 13.2 Å². The molecule has 0 spiro atoms. The first-order chi connectivity index (χ1) is 11.3. The molecule has 8 heteroatoms. The molecule has 2 aromatic carbocycles. The van der Waals surface area contributed by atoms with Gasteiger partial charge in [0.25, 0.3) is 5.69 Å². The number of nitro benzene ring substituents is 1. The maximum atomic E-state index is 12.8. The van der Waals surface area contributed by atoms with Crippen LogP contribution in [0.3, 0.4) is 0 Å². The van der Waals surface area contributed by atoms with Crippen LogP contribution in [0, 0.1) is 10.1 Å². The highest BCUT2D eigenvalue weighted by molar-refractivity contribution is 6.02. The van der Waals surface area contributed by atoms with Crippen molar-refractivity contribution in [2.75, 3.05) is 5.32 Å². The maximum Gasteiger partial charge on any atom is 0.418 e. The first-order valence-corrected chi connectivity index (χ1v) is 6.67. The minimum absolute atomic E-state index is 0.153. The monoisotopic (exact) mass is 336 g/mol. The highest BCUT2D eigenvalue weighted by atomic mass is 19.4. The fourth-order valence-corrected chi connectivity index (χ4v) is 1.93. The number of rotatable bonds is 4. The Kier molecular flexibility index (Phi) is 4.98. The zero-order valence-electron chi connectivity index (χ0n) is 12.1. The topological polar surface area (TPSA) is 72.2 Å². The summed E-state index contributed by atoms with van der Waals surface area (Å²) in [6, 6.07) is 10.1. The molecule has 0 heterocycles. The molecule has 0 aliphatic heterocycles. The average molecular weight is 336 g/mol. The highest BCUT2D eigenvalue weighted by Crippen LogP contribution is 2.34. The minimum atomic E-state index is -4.59. The SMILES string of the molecule is O=C(C=Cc1cccc([N+](=O)[O-])c1)Nc1ccccc1C(F)(F)F. The molecular weight excluding hydrogens is 325 g/mol. The van der Waals surface area contributed by atoms with Crippen LogP contribution in [-0.4, -0.2) is 10.8 Å². The number of non-ortho nitro benzene ring substituents is 1.